The van der Waals surface area contributed by atoms with Gasteiger partial charge in [0.2, 0.25) is 5.88 Å². The second-order valence-electron chi connectivity index (χ2n) is 6.84. The van der Waals surface area contributed by atoms with Crippen LogP contribution >= 0.6 is 0 Å². The average Bonchev–Trinajstić information content (AvgIpc) is 3.09. The molecule has 9 heteroatoms. The van der Waals surface area contributed by atoms with E-state index in [1.54, 1.807) is 30.5 Å². The van der Waals surface area contributed by atoms with Gasteiger partial charge < -0.3 is 19.9 Å². The topological polar surface area (TPSA) is 79.0 Å². The van der Waals surface area contributed by atoms with Crippen LogP contribution in [0.15, 0.2) is 65.8 Å². The van der Waals surface area contributed by atoms with Crippen LogP contribution in [0.4, 0.5) is 13.2 Å². The molecule has 2 aliphatic rings. The molecule has 0 amide bonds. The maximum atomic E-state index is 12.6. The molecule has 3 heterocycles. The Morgan fingerprint density at radius 1 is 1.00 bits per heavy atom. The fourth-order valence-electron chi connectivity index (χ4n) is 3.74. The summed E-state index contributed by atoms with van der Waals surface area (Å²) >= 11 is 0. The van der Waals surface area contributed by atoms with Crippen LogP contribution in [0.2, 0.25) is 0 Å². The monoisotopic (exact) mass is 413 g/mol. The maximum absolute atomic E-state index is 12.6. The van der Waals surface area contributed by atoms with Gasteiger partial charge in [-0.25, -0.2) is 9.98 Å². The molecule has 6 nitrogen and oxygen atoms in total. The quantitative estimate of drug-likeness (QED) is 0.676. The normalized spacial score (nSPS) is 19.4. The Bertz CT molecular complexity index is 1180. The standard InChI is InChI=1S/C21H14F3N3O3/c22-21(23,24)30-14-4-1-3-12(9-14)13-6-7-17-16(10-13)20(11-28-19(25)27-20)15-5-2-8-26-18(15)29-17/h1-10H,11H2,(H2,25,27)/t20-/m0/s1. The first-order valence-corrected chi connectivity index (χ1v) is 8.96. The molecule has 1 aromatic heterocycles. The van der Waals surface area contributed by atoms with Gasteiger partial charge in [0, 0.05) is 11.8 Å². The smallest absolute Gasteiger partial charge is 0.462 e. The highest BCUT2D eigenvalue weighted by Gasteiger charge is 2.47. The van der Waals surface area contributed by atoms with Crippen LogP contribution in [-0.4, -0.2) is 24.0 Å². The number of hydrogen-bond acceptors (Lipinski definition) is 6. The highest BCUT2D eigenvalue weighted by atomic mass is 19.4. The van der Waals surface area contributed by atoms with Crippen molar-refractivity contribution in [3.63, 3.8) is 0 Å². The third-order valence-electron chi connectivity index (χ3n) is 4.98. The first kappa shape index (κ1) is 18.3. The Morgan fingerprint density at radius 3 is 2.60 bits per heavy atom. The van der Waals surface area contributed by atoms with Crippen molar-refractivity contribution in [1.29, 1.82) is 0 Å². The molecule has 2 N–H and O–H groups in total. The minimum absolute atomic E-state index is 0.0450. The number of hydrogen-bond donors (Lipinski definition) is 1. The summed E-state index contributed by atoms with van der Waals surface area (Å²) in [5.74, 6) is 0.625. The van der Waals surface area contributed by atoms with Crippen molar-refractivity contribution in [2.75, 3.05) is 6.61 Å². The van der Waals surface area contributed by atoms with Crippen molar-refractivity contribution in [3.05, 3.63) is 71.9 Å². The molecule has 30 heavy (non-hydrogen) atoms. The molecule has 0 fully saturated rings. The van der Waals surface area contributed by atoms with E-state index in [1.807, 2.05) is 12.1 Å². The molecule has 0 bridgehead atoms. The van der Waals surface area contributed by atoms with E-state index in [0.29, 0.717) is 33.9 Å². The Hall–Kier alpha value is -3.75. The summed E-state index contributed by atoms with van der Waals surface area (Å²) in [7, 11) is 0. The lowest BCUT2D eigenvalue weighted by Crippen LogP contribution is -2.31. The van der Waals surface area contributed by atoms with Gasteiger partial charge in [-0.1, -0.05) is 18.2 Å². The zero-order chi connectivity index (χ0) is 20.9. The van der Waals surface area contributed by atoms with Gasteiger partial charge in [-0.3, -0.25) is 0 Å². The molecule has 1 spiro atoms. The highest BCUT2D eigenvalue weighted by molar-refractivity contribution is 5.77. The van der Waals surface area contributed by atoms with Crippen molar-refractivity contribution in [2.45, 2.75) is 11.9 Å². The number of aromatic nitrogens is 1. The number of alkyl halides is 3. The summed E-state index contributed by atoms with van der Waals surface area (Å²) in [5.41, 5.74) is 7.47. The van der Waals surface area contributed by atoms with Gasteiger partial charge in [-0.15, -0.1) is 13.2 Å². The lowest BCUT2D eigenvalue weighted by Gasteiger charge is -2.32. The maximum Gasteiger partial charge on any atom is 0.573 e. The van der Waals surface area contributed by atoms with Crippen LogP contribution in [0.3, 0.4) is 0 Å². The fourth-order valence-corrected chi connectivity index (χ4v) is 3.74. The zero-order valence-corrected chi connectivity index (χ0v) is 15.3. The third-order valence-corrected chi connectivity index (χ3v) is 4.98. The molecule has 0 unspecified atom stereocenters. The lowest BCUT2D eigenvalue weighted by molar-refractivity contribution is -0.274. The van der Waals surface area contributed by atoms with Gasteiger partial charge in [-0.2, -0.15) is 0 Å². The molecule has 0 radical (unpaired) electrons. The minimum atomic E-state index is -4.77. The summed E-state index contributed by atoms with van der Waals surface area (Å²) in [6.45, 7) is 0.161. The SMILES string of the molecule is NC1=N[C@]2(CO1)c1cc(-c3cccc(OC(F)(F)F)c3)ccc1Oc1ncccc12. The molecule has 2 aromatic carbocycles. The fraction of sp³-hybridized carbons (Fsp3) is 0.143. The average molecular weight is 413 g/mol. The van der Waals surface area contributed by atoms with Crippen LogP contribution in [0.1, 0.15) is 11.1 Å². The van der Waals surface area contributed by atoms with E-state index in [-0.39, 0.29) is 18.4 Å². The van der Waals surface area contributed by atoms with Crippen molar-refractivity contribution >= 4 is 6.02 Å². The van der Waals surface area contributed by atoms with Crippen LogP contribution < -0.4 is 15.2 Å². The summed E-state index contributed by atoms with van der Waals surface area (Å²) in [6, 6.07) is 14.7. The van der Waals surface area contributed by atoms with Gasteiger partial charge in [0.05, 0.1) is 5.56 Å². The molecule has 5 rings (SSSR count). The number of benzene rings is 2. The second kappa shape index (κ2) is 6.38. The van der Waals surface area contributed by atoms with E-state index < -0.39 is 11.9 Å². The van der Waals surface area contributed by atoms with E-state index >= 15 is 0 Å². The Kier molecular flexibility index (Phi) is 3.89. The first-order chi connectivity index (χ1) is 14.3. The Labute approximate surface area is 168 Å². The summed E-state index contributed by atoms with van der Waals surface area (Å²) < 4.78 is 53.2. The van der Waals surface area contributed by atoms with Crippen molar-refractivity contribution in [2.24, 2.45) is 10.7 Å². The van der Waals surface area contributed by atoms with Crippen LogP contribution in [0, 0.1) is 0 Å². The molecule has 0 aliphatic carbocycles. The largest absolute Gasteiger partial charge is 0.573 e. The van der Waals surface area contributed by atoms with Crippen LogP contribution in [-0.2, 0) is 10.3 Å². The minimum Gasteiger partial charge on any atom is -0.462 e. The number of aliphatic imine (C=N–C) groups is 1. The van der Waals surface area contributed by atoms with E-state index in [0.717, 1.165) is 0 Å². The highest BCUT2D eigenvalue weighted by Crippen LogP contribution is 2.50. The van der Waals surface area contributed by atoms with Gasteiger partial charge in [-0.05, 0) is 47.5 Å². The van der Waals surface area contributed by atoms with Gasteiger partial charge in [0.1, 0.15) is 18.1 Å². The van der Waals surface area contributed by atoms with Gasteiger partial charge in [0.25, 0.3) is 6.02 Å². The molecule has 1 atom stereocenters. The molecule has 2 aliphatic heterocycles. The number of pyridine rings is 1. The molecular formula is C21H14F3N3O3. The first-order valence-electron chi connectivity index (χ1n) is 8.96. The van der Waals surface area contributed by atoms with Crippen molar-refractivity contribution < 1.29 is 27.4 Å². The predicted molar refractivity (Wildman–Crippen MR) is 101 cm³/mol. The molecule has 3 aromatic rings. The van der Waals surface area contributed by atoms with Crippen molar-refractivity contribution in [3.8, 4) is 28.5 Å². The number of nitrogens with zero attached hydrogens (tertiary/aromatic N) is 2. The second-order valence-corrected chi connectivity index (χ2v) is 6.84. The molecular weight excluding hydrogens is 399 g/mol. The molecule has 152 valence electrons. The zero-order valence-electron chi connectivity index (χ0n) is 15.3. The Morgan fingerprint density at radius 2 is 1.83 bits per heavy atom. The van der Waals surface area contributed by atoms with E-state index in [1.165, 1.54) is 18.2 Å². The Balaban J connectivity index is 1.63. The molecule has 0 saturated heterocycles. The summed E-state index contributed by atoms with van der Waals surface area (Å²) in [6.07, 6.45) is -3.16. The molecule has 0 saturated carbocycles. The summed E-state index contributed by atoms with van der Waals surface area (Å²) in [4.78, 5) is 8.82. The number of nitrogens with two attached hydrogens (primary N) is 1. The number of ether oxygens (including phenoxy) is 3. The van der Waals surface area contributed by atoms with E-state index in [4.69, 9.17) is 15.2 Å². The number of rotatable bonds is 2. The number of halogens is 3. The van der Waals surface area contributed by atoms with E-state index in [9.17, 15) is 13.2 Å². The van der Waals surface area contributed by atoms with Crippen LogP contribution in [0.5, 0.6) is 17.4 Å². The lowest BCUT2D eigenvalue weighted by atomic mass is 9.81. The predicted octanol–water partition coefficient (Wildman–Crippen LogP) is 4.34. The van der Waals surface area contributed by atoms with Gasteiger partial charge in [0.15, 0.2) is 5.54 Å². The van der Waals surface area contributed by atoms with Gasteiger partial charge >= 0.3 is 6.36 Å². The third kappa shape index (κ3) is 2.99. The van der Waals surface area contributed by atoms with E-state index in [2.05, 4.69) is 14.7 Å². The van der Waals surface area contributed by atoms with Crippen molar-refractivity contribution in [1.82, 2.24) is 4.98 Å². The number of fused-ring (bicyclic) bond motifs is 4. The summed E-state index contributed by atoms with van der Waals surface area (Å²) in [5, 5.41) is 0. The number of amidine groups is 1. The van der Waals surface area contributed by atoms with Crippen LogP contribution in [0.25, 0.3) is 11.1 Å².